The summed E-state index contributed by atoms with van der Waals surface area (Å²) in [4.78, 5) is 23.4. The number of nitrogen functional groups attached to an aromatic ring is 1. The van der Waals surface area contributed by atoms with E-state index in [4.69, 9.17) is 5.73 Å². The number of benzene rings is 2. The Bertz CT molecular complexity index is 1390. The number of hydrogen-bond donors (Lipinski definition) is 2. The number of nitrogens with one attached hydrogen (secondary N) is 1. The normalized spacial score (nSPS) is 11.5. The third kappa shape index (κ3) is 3.19. The first kappa shape index (κ1) is 18.0. The van der Waals surface area contributed by atoms with Crippen molar-refractivity contribution >= 4 is 57.2 Å². The molecule has 0 radical (unpaired) electrons. The fraction of sp³-hybridized carbons (Fsp3) is 0. The SMILES string of the molecule is Nc1c(C(=O)Nc2ccccc2)c2nc3ccccc3nc2n1N=Cc1cccs1. The molecule has 3 heterocycles. The van der Waals surface area contributed by atoms with Gasteiger partial charge in [-0.25, -0.2) is 9.97 Å². The standard InChI is InChI=1S/C22H16N6OS/c23-20-18(22(29)25-14-7-2-1-3-8-14)19-21(27-17-11-5-4-10-16(17)26-19)28(20)24-13-15-9-6-12-30-15/h1-13H,23H2,(H,25,29). The van der Waals surface area contributed by atoms with Crippen molar-refractivity contribution in [1.82, 2.24) is 14.6 Å². The zero-order valence-electron chi connectivity index (χ0n) is 15.7. The molecule has 1 amide bonds. The molecule has 0 aliphatic rings. The van der Waals surface area contributed by atoms with Crippen LogP contribution in [0.1, 0.15) is 15.2 Å². The Kier molecular flexibility index (Phi) is 4.45. The highest BCUT2D eigenvalue weighted by atomic mass is 32.1. The number of para-hydroxylation sites is 3. The molecule has 0 saturated heterocycles. The lowest BCUT2D eigenvalue weighted by atomic mass is 10.2. The lowest BCUT2D eigenvalue weighted by Crippen LogP contribution is -2.14. The number of fused-ring (bicyclic) bond motifs is 2. The molecule has 0 fully saturated rings. The molecule has 0 aliphatic carbocycles. The summed E-state index contributed by atoms with van der Waals surface area (Å²) in [5, 5.41) is 9.32. The van der Waals surface area contributed by atoms with Crippen molar-refractivity contribution in [3.8, 4) is 0 Å². The highest BCUT2D eigenvalue weighted by molar-refractivity contribution is 7.11. The summed E-state index contributed by atoms with van der Waals surface area (Å²) in [6.07, 6.45) is 1.69. The molecule has 0 saturated carbocycles. The molecule has 30 heavy (non-hydrogen) atoms. The van der Waals surface area contributed by atoms with Gasteiger partial charge in [0.1, 0.15) is 16.9 Å². The lowest BCUT2D eigenvalue weighted by Gasteiger charge is -2.05. The van der Waals surface area contributed by atoms with Gasteiger partial charge in [-0.3, -0.25) is 4.79 Å². The molecule has 3 N–H and O–H groups in total. The van der Waals surface area contributed by atoms with Crippen LogP contribution in [0.2, 0.25) is 0 Å². The second-order valence-corrected chi connectivity index (χ2v) is 7.52. The van der Waals surface area contributed by atoms with Gasteiger partial charge >= 0.3 is 0 Å². The number of rotatable bonds is 4. The van der Waals surface area contributed by atoms with Crippen LogP contribution in [0.5, 0.6) is 0 Å². The van der Waals surface area contributed by atoms with Gasteiger partial charge in [-0.2, -0.15) is 9.78 Å². The third-order valence-electron chi connectivity index (χ3n) is 4.58. The molecule has 0 aliphatic heterocycles. The number of aromatic nitrogens is 3. The summed E-state index contributed by atoms with van der Waals surface area (Å²) >= 11 is 1.55. The van der Waals surface area contributed by atoms with E-state index in [0.29, 0.717) is 27.9 Å². The molecule has 0 bridgehead atoms. The maximum absolute atomic E-state index is 13.1. The summed E-state index contributed by atoms with van der Waals surface area (Å²) in [6, 6.07) is 20.6. The Balaban J connectivity index is 1.69. The van der Waals surface area contributed by atoms with E-state index in [1.54, 1.807) is 17.6 Å². The first-order valence-electron chi connectivity index (χ1n) is 9.21. The molecule has 7 nitrogen and oxygen atoms in total. The van der Waals surface area contributed by atoms with Crippen molar-refractivity contribution in [2.24, 2.45) is 5.10 Å². The predicted octanol–water partition coefficient (Wildman–Crippen LogP) is 4.36. The largest absolute Gasteiger partial charge is 0.383 e. The Labute approximate surface area is 175 Å². The Morgan fingerprint density at radius 1 is 1.00 bits per heavy atom. The minimum atomic E-state index is -0.363. The monoisotopic (exact) mass is 412 g/mol. The third-order valence-corrected chi connectivity index (χ3v) is 5.38. The van der Waals surface area contributed by atoms with E-state index in [1.807, 2.05) is 72.1 Å². The lowest BCUT2D eigenvalue weighted by molar-refractivity contribution is 0.102. The minimum absolute atomic E-state index is 0.182. The van der Waals surface area contributed by atoms with Crippen molar-refractivity contribution in [2.75, 3.05) is 11.1 Å². The molecule has 2 aromatic carbocycles. The Morgan fingerprint density at radius 3 is 2.47 bits per heavy atom. The predicted molar refractivity (Wildman–Crippen MR) is 121 cm³/mol. The number of hydrogen-bond acceptors (Lipinski definition) is 6. The minimum Gasteiger partial charge on any atom is -0.383 e. The molecule has 5 rings (SSSR count). The van der Waals surface area contributed by atoms with Gasteiger partial charge in [-0.15, -0.1) is 11.3 Å². The van der Waals surface area contributed by atoms with E-state index in [0.717, 1.165) is 4.88 Å². The number of carbonyl (C=O) groups is 1. The molecular formula is C22H16N6OS. The van der Waals surface area contributed by atoms with Crippen LogP contribution in [0.3, 0.4) is 0 Å². The average Bonchev–Trinajstić information content (AvgIpc) is 3.37. The molecule has 8 heteroatoms. The summed E-state index contributed by atoms with van der Waals surface area (Å²) < 4.78 is 1.47. The maximum atomic E-state index is 13.1. The van der Waals surface area contributed by atoms with Gasteiger partial charge in [0.25, 0.3) is 5.91 Å². The van der Waals surface area contributed by atoms with Crippen LogP contribution >= 0.6 is 11.3 Å². The van der Waals surface area contributed by atoms with Gasteiger partial charge in [0.15, 0.2) is 5.65 Å². The number of anilines is 2. The van der Waals surface area contributed by atoms with Gasteiger partial charge in [0.05, 0.1) is 17.2 Å². The molecule has 0 atom stereocenters. The molecular weight excluding hydrogens is 396 g/mol. The van der Waals surface area contributed by atoms with Gasteiger partial charge in [-0.1, -0.05) is 36.4 Å². The van der Waals surface area contributed by atoms with Gasteiger partial charge in [-0.05, 0) is 35.7 Å². The molecule has 146 valence electrons. The quantitative estimate of drug-likeness (QED) is 0.429. The Hall–Kier alpha value is -4.04. The van der Waals surface area contributed by atoms with Crippen molar-refractivity contribution in [2.45, 2.75) is 0 Å². The summed E-state index contributed by atoms with van der Waals surface area (Å²) in [5.74, 6) is -0.181. The number of nitrogens with two attached hydrogens (primary N) is 1. The zero-order chi connectivity index (χ0) is 20.5. The van der Waals surface area contributed by atoms with E-state index in [1.165, 1.54) is 4.68 Å². The molecule has 3 aromatic heterocycles. The molecule has 0 spiro atoms. The summed E-state index contributed by atoms with van der Waals surface area (Å²) in [5.41, 5.74) is 9.51. The van der Waals surface area contributed by atoms with E-state index in [-0.39, 0.29) is 17.3 Å². The topological polar surface area (TPSA) is 98.2 Å². The van der Waals surface area contributed by atoms with Gasteiger partial charge < -0.3 is 11.1 Å². The molecule has 0 unspecified atom stereocenters. The highest BCUT2D eigenvalue weighted by Gasteiger charge is 2.24. The molecule has 5 aromatic rings. The second-order valence-electron chi connectivity index (χ2n) is 6.54. The van der Waals surface area contributed by atoms with Crippen molar-refractivity contribution in [3.05, 3.63) is 82.6 Å². The van der Waals surface area contributed by atoms with Crippen LogP contribution in [0.15, 0.2) is 77.2 Å². The van der Waals surface area contributed by atoms with Crippen molar-refractivity contribution in [3.63, 3.8) is 0 Å². The fourth-order valence-electron chi connectivity index (χ4n) is 3.18. The maximum Gasteiger partial charge on any atom is 0.261 e. The first-order chi connectivity index (χ1) is 14.7. The summed E-state index contributed by atoms with van der Waals surface area (Å²) in [6.45, 7) is 0. The number of nitrogens with zero attached hydrogens (tertiary/aromatic N) is 4. The number of amides is 1. The smallest absolute Gasteiger partial charge is 0.261 e. The van der Waals surface area contributed by atoms with Crippen LogP contribution in [0.4, 0.5) is 11.5 Å². The van der Waals surface area contributed by atoms with Crippen LogP contribution in [-0.4, -0.2) is 26.8 Å². The first-order valence-corrected chi connectivity index (χ1v) is 10.1. The van der Waals surface area contributed by atoms with Crippen LogP contribution in [-0.2, 0) is 0 Å². The van der Waals surface area contributed by atoms with Gasteiger partial charge in [0.2, 0.25) is 0 Å². The van der Waals surface area contributed by atoms with Gasteiger partial charge in [0, 0.05) is 10.6 Å². The Morgan fingerprint density at radius 2 is 1.73 bits per heavy atom. The number of thiophene rings is 1. The highest BCUT2D eigenvalue weighted by Crippen LogP contribution is 2.28. The zero-order valence-corrected chi connectivity index (χ0v) is 16.5. The van der Waals surface area contributed by atoms with Crippen molar-refractivity contribution in [1.29, 1.82) is 0 Å². The van der Waals surface area contributed by atoms with Crippen LogP contribution < -0.4 is 11.1 Å². The van der Waals surface area contributed by atoms with Crippen LogP contribution in [0.25, 0.3) is 22.2 Å². The van der Waals surface area contributed by atoms with E-state index in [2.05, 4.69) is 20.4 Å². The summed E-state index contributed by atoms with van der Waals surface area (Å²) in [7, 11) is 0. The average molecular weight is 412 g/mol. The fourth-order valence-corrected chi connectivity index (χ4v) is 3.76. The second kappa shape index (κ2) is 7.41. The van der Waals surface area contributed by atoms with Crippen LogP contribution in [0, 0.1) is 0 Å². The van der Waals surface area contributed by atoms with E-state index < -0.39 is 0 Å². The number of carbonyl (C=O) groups excluding carboxylic acids is 1. The van der Waals surface area contributed by atoms with E-state index >= 15 is 0 Å². The van der Waals surface area contributed by atoms with Crippen molar-refractivity contribution < 1.29 is 4.79 Å². The van der Waals surface area contributed by atoms with E-state index in [9.17, 15) is 4.79 Å².